The molecule has 0 unspecified atom stereocenters. The molecule has 0 fully saturated rings. The first-order valence-corrected chi connectivity index (χ1v) is 4.43. The highest BCUT2D eigenvalue weighted by molar-refractivity contribution is 7.19. The molecular formula is C9H8O2S. The molecule has 62 valence electrons. The average molecular weight is 180 g/mol. The van der Waals surface area contributed by atoms with Gasteiger partial charge in [0.05, 0.1) is 4.88 Å². The molecule has 0 saturated carbocycles. The van der Waals surface area contributed by atoms with Crippen LogP contribution in [0, 0.1) is 0 Å². The monoisotopic (exact) mass is 180 g/mol. The molecule has 2 aromatic rings. The third-order valence-corrected chi connectivity index (χ3v) is 2.86. The molecule has 0 spiro atoms. The Balaban J connectivity index is 2.62. The molecule has 3 heteroatoms. The van der Waals surface area contributed by atoms with Gasteiger partial charge in [0.15, 0.2) is 6.29 Å². The van der Waals surface area contributed by atoms with E-state index in [1.54, 1.807) is 6.07 Å². The highest BCUT2D eigenvalue weighted by Gasteiger charge is 2.06. The lowest BCUT2D eigenvalue weighted by molar-refractivity contribution is -0.0394. The SMILES string of the molecule is OC(O)c1cc2ccccc2s1. The summed E-state index contributed by atoms with van der Waals surface area (Å²) >= 11 is 1.41. The molecule has 2 nitrogen and oxygen atoms in total. The minimum atomic E-state index is -1.35. The van der Waals surface area contributed by atoms with Crippen LogP contribution in [0.1, 0.15) is 11.2 Å². The lowest BCUT2D eigenvalue weighted by Crippen LogP contribution is -1.88. The van der Waals surface area contributed by atoms with Gasteiger partial charge in [-0.05, 0) is 17.5 Å². The molecule has 12 heavy (non-hydrogen) atoms. The molecule has 0 amide bonds. The molecule has 1 aromatic heterocycles. The van der Waals surface area contributed by atoms with Gasteiger partial charge in [-0.25, -0.2) is 0 Å². The molecule has 1 heterocycles. The zero-order valence-electron chi connectivity index (χ0n) is 6.27. The summed E-state index contributed by atoms with van der Waals surface area (Å²) in [6.07, 6.45) is -1.35. The van der Waals surface area contributed by atoms with E-state index in [0.717, 1.165) is 10.1 Å². The van der Waals surface area contributed by atoms with Crippen molar-refractivity contribution in [2.24, 2.45) is 0 Å². The highest BCUT2D eigenvalue weighted by atomic mass is 32.1. The maximum atomic E-state index is 8.89. The van der Waals surface area contributed by atoms with Gasteiger partial charge in [-0.1, -0.05) is 18.2 Å². The van der Waals surface area contributed by atoms with E-state index in [9.17, 15) is 0 Å². The largest absolute Gasteiger partial charge is 0.364 e. The van der Waals surface area contributed by atoms with Crippen molar-refractivity contribution in [1.82, 2.24) is 0 Å². The number of rotatable bonds is 1. The lowest BCUT2D eigenvalue weighted by Gasteiger charge is -1.94. The van der Waals surface area contributed by atoms with Crippen molar-refractivity contribution >= 4 is 21.4 Å². The van der Waals surface area contributed by atoms with Crippen LogP contribution in [0.15, 0.2) is 30.3 Å². The van der Waals surface area contributed by atoms with Crippen LogP contribution < -0.4 is 0 Å². The molecule has 0 aliphatic rings. The van der Waals surface area contributed by atoms with Gasteiger partial charge in [-0.2, -0.15) is 0 Å². The minimum absolute atomic E-state index is 0.594. The standard InChI is InChI=1S/C9H8O2S/c10-9(11)8-5-6-3-1-2-4-7(6)12-8/h1-5,9-11H. The topological polar surface area (TPSA) is 40.5 Å². The smallest absolute Gasteiger partial charge is 0.188 e. The van der Waals surface area contributed by atoms with E-state index in [1.165, 1.54) is 11.3 Å². The number of benzene rings is 1. The molecule has 2 rings (SSSR count). The molecule has 0 bridgehead atoms. The summed E-state index contributed by atoms with van der Waals surface area (Å²) in [5.41, 5.74) is 0. The Morgan fingerprint density at radius 2 is 1.92 bits per heavy atom. The predicted octanol–water partition coefficient (Wildman–Crippen LogP) is 1.88. The van der Waals surface area contributed by atoms with E-state index >= 15 is 0 Å². The first kappa shape index (κ1) is 7.73. The molecule has 0 saturated heterocycles. The Hall–Kier alpha value is -0.900. The van der Waals surface area contributed by atoms with Crippen molar-refractivity contribution < 1.29 is 10.2 Å². The van der Waals surface area contributed by atoms with E-state index in [2.05, 4.69) is 0 Å². The highest BCUT2D eigenvalue weighted by Crippen LogP contribution is 2.28. The van der Waals surface area contributed by atoms with E-state index in [4.69, 9.17) is 10.2 Å². The summed E-state index contributed by atoms with van der Waals surface area (Å²) in [5.74, 6) is 0. The first-order chi connectivity index (χ1) is 5.77. The zero-order valence-corrected chi connectivity index (χ0v) is 7.08. The average Bonchev–Trinajstić information content (AvgIpc) is 2.46. The van der Waals surface area contributed by atoms with Crippen LogP contribution in [0.2, 0.25) is 0 Å². The molecule has 0 radical (unpaired) electrons. The normalized spacial score (nSPS) is 11.2. The molecule has 1 aromatic carbocycles. The van der Waals surface area contributed by atoms with E-state index < -0.39 is 6.29 Å². The van der Waals surface area contributed by atoms with Crippen molar-refractivity contribution in [2.75, 3.05) is 0 Å². The third-order valence-electron chi connectivity index (χ3n) is 1.70. The van der Waals surface area contributed by atoms with Gasteiger partial charge in [0.1, 0.15) is 0 Å². The number of thiophene rings is 1. The van der Waals surface area contributed by atoms with Gasteiger partial charge >= 0.3 is 0 Å². The van der Waals surface area contributed by atoms with Gasteiger partial charge in [0.2, 0.25) is 0 Å². The van der Waals surface area contributed by atoms with E-state index in [1.807, 2.05) is 24.3 Å². The Morgan fingerprint density at radius 1 is 1.17 bits per heavy atom. The fraction of sp³-hybridized carbons (Fsp3) is 0.111. The maximum Gasteiger partial charge on any atom is 0.188 e. The first-order valence-electron chi connectivity index (χ1n) is 3.62. The second-order valence-electron chi connectivity index (χ2n) is 2.56. The summed E-state index contributed by atoms with van der Waals surface area (Å²) in [6, 6.07) is 9.59. The van der Waals surface area contributed by atoms with Crippen molar-refractivity contribution in [1.29, 1.82) is 0 Å². The molecular weight excluding hydrogens is 172 g/mol. The Kier molecular flexibility index (Phi) is 1.84. The fourth-order valence-corrected chi connectivity index (χ4v) is 2.07. The summed E-state index contributed by atoms with van der Waals surface area (Å²) in [4.78, 5) is 0.594. The molecule has 2 N–H and O–H groups in total. The van der Waals surface area contributed by atoms with E-state index in [-0.39, 0.29) is 0 Å². The summed E-state index contributed by atoms with van der Waals surface area (Å²) in [5, 5.41) is 18.8. The van der Waals surface area contributed by atoms with Crippen LogP contribution in [-0.2, 0) is 0 Å². The van der Waals surface area contributed by atoms with Crippen LogP contribution in [0.3, 0.4) is 0 Å². The molecule has 0 aliphatic carbocycles. The Bertz CT molecular complexity index is 359. The van der Waals surface area contributed by atoms with Crippen LogP contribution in [0.4, 0.5) is 0 Å². The maximum absolute atomic E-state index is 8.89. The quantitative estimate of drug-likeness (QED) is 0.658. The van der Waals surface area contributed by atoms with Crippen molar-refractivity contribution in [2.45, 2.75) is 6.29 Å². The fourth-order valence-electron chi connectivity index (χ4n) is 1.13. The van der Waals surface area contributed by atoms with Gasteiger partial charge in [-0.3, -0.25) is 0 Å². The second kappa shape index (κ2) is 2.86. The van der Waals surface area contributed by atoms with Gasteiger partial charge in [-0.15, -0.1) is 11.3 Å². The van der Waals surface area contributed by atoms with Crippen LogP contribution in [0.25, 0.3) is 10.1 Å². The number of fused-ring (bicyclic) bond motifs is 1. The molecule has 0 aliphatic heterocycles. The van der Waals surface area contributed by atoms with Gasteiger partial charge in [0, 0.05) is 4.70 Å². The predicted molar refractivity (Wildman–Crippen MR) is 49.0 cm³/mol. The number of aliphatic hydroxyl groups is 2. The minimum Gasteiger partial charge on any atom is -0.364 e. The second-order valence-corrected chi connectivity index (χ2v) is 3.68. The van der Waals surface area contributed by atoms with Crippen molar-refractivity contribution in [3.8, 4) is 0 Å². The molecule has 0 atom stereocenters. The summed E-state index contributed by atoms with van der Waals surface area (Å²) in [6.45, 7) is 0. The Morgan fingerprint density at radius 3 is 2.58 bits per heavy atom. The number of hydrogen-bond donors (Lipinski definition) is 2. The van der Waals surface area contributed by atoms with Gasteiger partial charge in [0.25, 0.3) is 0 Å². The summed E-state index contributed by atoms with van der Waals surface area (Å²) in [7, 11) is 0. The summed E-state index contributed by atoms with van der Waals surface area (Å²) < 4.78 is 1.08. The Labute approximate surface area is 73.7 Å². The van der Waals surface area contributed by atoms with Crippen molar-refractivity contribution in [3.63, 3.8) is 0 Å². The van der Waals surface area contributed by atoms with Crippen molar-refractivity contribution in [3.05, 3.63) is 35.2 Å². The number of hydrogen-bond acceptors (Lipinski definition) is 3. The van der Waals surface area contributed by atoms with E-state index in [0.29, 0.717) is 4.88 Å². The number of aliphatic hydroxyl groups excluding tert-OH is 1. The van der Waals surface area contributed by atoms with Crippen LogP contribution in [0.5, 0.6) is 0 Å². The lowest BCUT2D eigenvalue weighted by atomic mass is 10.2. The zero-order chi connectivity index (χ0) is 8.55. The van der Waals surface area contributed by atoms with Gasteiger partial charge < -0.3 is 10.2 Å². The van der Waals surface area contributed by atoms with Crippen LogP contribution in [-0.4, -0.2) is 10.2 Å². The third kappa shape index (κ3) is 1.22. The van der Waals surface area contributed by atoms with Crippen LogP contribution >= 0.6 is 11.3 Å².